The zero-order valence-corrected chi connectivity index (χ0v) is 19.3. The van der Waals surface area contributed by atoms with Crippen molar-refractivity contribution in [2.24, 2.45) is 0 Å². The molecule has 1 aliphatic heterocycles. The number of carbonyl (C=O) groups is 3. The van der Waals surface area contributed by atoms with E-state index in [4.69, 9.17) is 9.47 Å². The van der Waals surface area contributed by atoms with E-state index < -0.39 is 17.7 Å². The van der Waals surface area contributed by atoms with E-state index in [1.165, 1.54) is 32.2 Å². The molecule has 2 heterocycles. The molecule has 4 rings (SSSR count). The molecular formula is C26H23N3O6. The topological polar surface area (TPSA) is 118 Å². The Morgan fingerprint density at radius 2 is 1.80 bits per heavy atom. The van der Waals surface area contributed by atoms with Gasteiger partial charge in [0.15, 0.2) is 0 Å². The van der Waals surface area contributed by atoms with Crippen molar-refractivity contribution in [2.45, 2.75) is 13.0 Å². The second kappa shape index (κ2) is 9.68. The lowest BCUT2D eigenvalue weighted by Crippen LogP contribution is -2.29. The standard InChI is InChI=1S/C26H23N3O6/c1-15(30)28-17-6-8-18(9-7-17)29-23(16-5-4-12-27-14-16)22(25(32)26(29)33)24(31)20-11-10-19(34-2)13-21(20)35-3/h4-14,23,31H,1-3H3,(H,28,30)/b24-22-. The van der Waals surface area contributed by atoms with Gasteiger partial charge in [0.05, 0.1) is 31.4 Å². The second-order valence-corrected chi connectivity index (χ2v) is 7.75. The van der Waals surface area contributed by atoms with E-state index in [-0.39, 0.29) is 28.6 Å². The van der Waals surface area contributed by atoms with Crippen LogP contribution in [0.1, 0.15) is 24.1 Å². The zero-order valence-electron chi connectivity index (χ0n) is 19.3. The average Bonchev–Trinajstić information content (AvgIpc) is 3.14. The van der Waals surface area contributed by atoms with Gasteiger partial charge in [-0.15, -0.1) is 0 Å². The molecule has 0 saturated carbocycles. The molecule has 3 aromatic rings. The van der Waals surface area contributed by atoms with Crippen LogP contribution in [0.15, 0.2) is 72.6 Å². The molecule has 35 heavy (non-hydrogen) atoms. The quantitative estimate of drug-likeness (QED) is 0.318. The summed E-state index contributed by atoms with van der Waals surface area (Å²) < 4.78 is 10.6. The van der Waals surface area contributed by atoms with E-state index in [0.717, 1.165) is 0 Å². The Morgan fingerprint density at radius 3 is 2.40 bits per heavy atom. The number of hydrogen-bond donors (Lipinski definition) is 2. The second-order valence-electron chi connectivity index (χ2n) is 7.75. The number of aliphatic hydroxyl groups excluding tert-OH is 1. The summed E-state index contributed by atoms with van der Waals surface area (Å²) in [5.74, 6) is -1.49. The van der Waals surface area contributed by atoms with Crippen LogP contribution in [0.4, 0.5) is 11.4 Å². The van der Waals surface area contributed by atoms with Gasteiger partial charge in [-0.2, -0.15) is 0 Å². The van der Waals surface area contributed by atoms with Crippen LogP contribution in [0.3, 0.4) is 0 Å². The molecule has 1 fully saturated rings. The van der Waals surface area contributed by atoms with Crippen molar-refractivity contribution in [1.82, 2.24) is 4.98 Å². The van der Waals surface area contributed by atoms with E-state index >= 15 is 0 Å². The van der Waals surface area contributed by atoms with Gasteiger partial charge in [-0.1, -0.05) is 6.07 Å². The summed E-state index contributed by atoms with van der Waals surface area (Å²) >= 11 is 0. The summed E-state index contributed by atoms with van der Waals surface area (Å²) in [7, 11) is 2.93. The molecule has 1 atom stereocenters. The number of pyridine rings is 1. The first-order chi connectivity index (χ1) is 16.8. The van der Waals surface area contributed by atoms with E-state index in [9.17, 15) is 19.5 Å². The van der Waals surface area contributed by atoms with Crippen LogP contribution in [-0.2, 0) is 14.4 Å². The molecule has 1 saturated heterocycles. The van der Waals surface area contributed by atoms with Crippen LogP contribution < -0.4 is 19.7 Å². The van der Waals surface area contributed by atoms with Crippen molar-refractivity contribution in [3.63, 3.8) is 0 Å². The Balaban J connectivity index is 1.89. The number of carbonyl (C=O) groups excluding carboxylic acids is 3. The number of Topliss-reactive ketones (excluding diaryl/α,β-unsaturated/α-hetero) is 1. The number of rotatable bonds is 6. The number of nitrogens with zero attached hydrogens (tertiary/aromatic N) is 2. The molecule has 0 spiro atoms. The van der Waals surface area contributed by atoms with Crippen molar-refractivity contribution in [1.29, 1.82) is 0 Å². The molecule has 0 radical (unpaired) electrons. The zero-order chi connectivity index (χ0) is 25.1. The highest BCUT2D eigenvalue weighted by atomic mass is 16.5. The number of ether oxygens (including phenoxy) is 2. The van der Waals surface area contributed by atoms with E-state index in [0.29, 0.717) is 22.7 Å². The molecule has 9 nitrogen and oxygen atoms in total. The molecule has 1 unspecified atom stereocenters. The third-order valence-electron chi connectivity index (χ3n) is 5.57. The van der Waals surface area contributed by atoms with Gasteiger partial charge in [-0.25, -0.2) is 0 Å². The molecule has 0 aliphatic carbocycles. The van der Waals surface area contributed by atoms with E-state index in [1.807, 2.05) is 0 Å². The van der Waals surface area contributed by atoms with Crippen LogP contribution in [0.5, 0.6) is 11.5 Å². The minimum atomic E-state index is -0.942. The van der Waals surface area contributed by atoms with Gasteiger partial charge in [-0.05, 0) is 48.0 Å². The number of amides is 2. The Hall–Kier alpha value is -4.66. The first-order valence-electron chi connectivity index (χ1n) is 10.7. The maximum Gasteiger partial charge on any atom is 0.300 e. The third-order valence-corrected chi connectivity index (χ3v) is 5.57. The lowest BCUT2D eigenvalue weighted by molar-refractivity contribution is -0.132. The predicted octanol–water partition coefficient (Wildman–Crippen LogP) is 3.68. The average molecular weight is 473 g/mol. The van der Waals surface area contributed by atoms with Gasteiger partial charge >= 0.3 is 0 Å². The van der Waals surface area contributed by atoms with Gasteiger partial charge in [-0.3, -0.25) is 24.3 Å². The van der Waals surface area contributed by atoms with Crippen LogP contribution in [0, 0.1) is 0 Å². The van der Waals surface area contributed by atoms with Crippen LogP contribution in [-0.4, -0.2) is 41.9 Å². The molecule has 1 aliphatic rings. The maximum atomic E-state index is 13.3. The summed E-state index contributed by atoms with van der Waals surface area (Å²) in [6.45, 7) is 1.39. The fraction of sp³-hybridized carbons (Fsp3) is 0.154. The van der Waals surface area contributed by atoms with Crippen LogP contribution in [0.2, 0.25) is 0 Å². The highest BCUT2D eigenvalue weighted by Crippen LogP contribution is 2.43. The number of nitrogens with one attached hydrogen (secondary N) is 1. The predicted molar refractivity (Wildman–Crippen MR) is 129 cm³/mol. The maximum absolute atomic E-state index is 13.3. The van der Waals surface area contributed by atoms with E-state index in [2.05, 4.69) is 10.3 Å². The highest BCUT2D eigenvalue weighted by Gasteiger charge is 2.47. The van der Waals surface area contributed by atoms with Crippen molar-refractivity contribution in [2.75, 3.05) is 24.4 Å². The Kier molecular flexibility index (Phi) is 6.50. The number of methoxy groups -OCH3 is 2. The van der Waals surface area contributed by atoms with E-state index in [1.54, 1.807) is 60.8 Å². The molecule has 178 valence electrons. The van der Waals surface area contributed by atoms with Crippen molar-refractivity contribution < 1.29 is 29.0 Å². The molecule has 2 aromatic carbocycles. The molecule has 1 aromatic heterocycles. The molecule has 2 N–H and O–H groups in total. The minimum Gasteiger partial charge on any atom is -0.507 e. The summed E-state index contributed by atoms with van der Waals surface area (Å²) in [5.41, 5.74) is 1.62. The number of aromatic nitrogens is 1. The number of anilines is 2. The monoisotopic (exact) mass is 473 g/mol. The molecule has 0 bridgehead atoms. The Bertz CT molecular complexity index is 1320. The van der Waals surface area contributed by atoms with Gasteiger partial charge < -0.3 is 19.9 Å². The first kappa shape index (κ1) is 23.5. The van der Waals surface area contributed by atoms with Crippen LogP contribution >= 0.6 is 0 Å². The number of aliphatic hydroxyl groups is 1. The van der Waals surface area contributed by atoms with Crippen molar-refractivity contribution >= 4 is 34.7 Å². The van der Waals surface area contributed by atoms with Crippen molar-refractivity contribution in [3.8, 4) is 11.5 Å². The van der Waals surface area contributed by atoms with Crippen molar-refractivity contribution in [3.05, 3.63) is 83.7 Å². The number of ketones is 1. The summed E-state index contributed by atoms with van der Waals surface area (Å²) in [5, 5.41) is 14.0. The Labute approximate surface area is 201 Å². The SMILES string of the molecule is COc1ccc(/C(O)=C2/C(=O)C(=O)N(c3ccc(NC(C)=O)cc3)C2c2cccnc2)c(OC)c1. The molecular weight excluding hydrogens is 450 g/mol. The molecule has 2 amide bonds. The van der Waals surface area contributed by atoms with Crippen LogP contribution in [0.25, 0.3) is 5.76 Å². The smallest absolute Gasteiger partial charge is 0.300 e. The fourth-order valence-corrected chi connectivity index (χ4v) is 4.00. The highest BCUT2D eigenvalue weighted by molar-refractivity contribution is 6.51. The van der Waals surface area contributed by atoms with Gasteiger partial charge in [0.2, 0.25) is 5.91 Å². The largest absolute Gasteiger partial charge is 0.507 e. The summed E-state index contributed by atoms with van der Waals surface area (Å²) in [4.78, 5) is 43.3. The summed E-state index contributed by atoms with van der Waals surface area (Å²) in [6.07, 6.45) is 3.11. The van der Waals surface area contributed by atoms with Gasteiger partial charge in [0.1, 0.15) is 17.3 Å². The third kappa shape index (κ3) is 4.43. The van der Waals surface area contributed by atoms with Gasteiger partial charge in [0, 0.05) is 36.8 Å². The first-order valence-corrected chi connectivity index (χ1v) is 10.7. The minimum absolute atomic E-state index is 0.0996. The number of hydrogen-bond acceptors (Lipinski definition) is 7. The van der Waals surface area contributed by atoms with Gasteiger partial charge in [0.25, 0.3) is 11.7 Å². The lowest BCUT2D eigenvalue weighted by atomic mass is 9.95. The summed E-state index contributed by atoms with van der Waals surface area (Å²) in [6, 6.07) is 13.7. The number of benzene rings is 2. The Morgan fingerprint density at radius 1 is 1.06 bits per heavy atom. The normalized spacial score (nSPS) is 16.8. The lowest BCUT2D eigenvalue weighted by Gasteiger charge is -2.25. The molecule has 9 heteroatoms. The fourth-order valence-electron chi connectivity index (χ4n) is 4.00.